The minimum atomic E-state index is -0.0602. The van der Waals surface area contributed by atoms with Crippen LogP contribution in [0.15, 0.2) is 18.2 Å². The molecule has 1 heterocycles. The van der Waals surface area contributed by atoms with Crippen LogP contribution in [-0.2, 0) is 9.53 Å². The molecule has 6 heteroatoms. The predicted octanol–water partition coefficient (Wildman–Crippen LogP) is 0.938. The van der Waals surface area contributed by atoms with Gasteiger partial charge in [0.15, 0.2) is 0 Å². The quantitative estimate of drug-likeness (QED) is 0.802. The lowest BCUT2D eigenvalue weighted by atomic mass is 10.2. The second-order valence-corrected chi connectivity index (χ2v) is 4.75. The number of ether oxygens (including phenoxy) is 2. The summed E-state index contributed by atoms with van der Waals surface area (Å²) in [5.74, 6) is 0.507. The van der Waals surface area contributed by atoms with Gasteiger partial charge >= 0.3 is 0 Å². The Labute approximate surface area is 118 Å². The van der Waals surface area contributed by atoms with Crippen LogP contribution < -0.4 is 15.8 Å². The van der Waals surface area contributed by atoms with Crippen molar-refractivity contribution >= 4 is 17.3 Å². The van der Waals surface area contributed by atoms with Crippen molar-refractivity contribution in [3.63, 3.8) is 0 Å². The number of hydrogen-bond acceptors (Lipinski definition) is 5. The maximum atomic E-state index is 12.1. The van der Waals surface area contributed by atoms with Crippen molar-refractivity contribution in [3.8, 4) is 5.75 Å². The highest BCUT2D eigenvalue weighted by Crippen LogP contribution is 2.26. The summed E-state index contributed by atoms with van der Waals surface area (Å²) in [5.41, 5.74) is 6.92. The number of benzene rings is 1. The molecule has 0 spiro atoms. The number of anilines is 2. The average molecular weight is 279 g/mol. The lowest BCUT2D eigenvalue weighted by Crippen LogP contribution is -2.35. The van der Waals surface area contributed by atoms with Crippen LogP contribution in [0, 0.1) is 0 Å². The molecule has 3 N–H and O–H groups in total. The summed E-state index contributed by atoms with van der Waals surface area (Å²) in [6, 6.07) is 5.17. The Morgan fingerprint density at radius 3 is 3.10 bits per heavy atom. The van der Waals surface area contributed by atoms with E-state index in [1.165, 1.54) is 0 Å². The first-order valence-corrected chi connectivity index (χ1v) is 6.72. The van der Waals surface area contributed by atoms with Gasteiger partial charge in [0.25, 0.3) is 0 Å². The summed E-state index contributed by atoms with van der Waals surface area (Å²) < 4.78 is 10.6. The molecule has 1 fully saturated rings. The third-order valence-electron chi connectivity index (χ3n) is 3.18. The Kier molecular flexibility index (Phi) is 5.20. The zero-order chi connectivity index (χ0) is 14.4. The lowest BCUT2D eigenvalue weighted by molar-refractivity contribution is -0.117. The lowest BCUT2D eigenvalue weighted by Gasteiger charge is -2.19. The van der Waals surface area contributed by atoms with Crippen molar-refractivity contribution in [1.82, 2.24) is 4.90 Å². The number of carbonyl (C=O) groups excluding carboxylic acids is 1. The topological polar surface area (TPSA) is 76.8 Å². The third-order valence-corrected chi connectivity index (χ3v) is 3.18. The van der Waals surface area contributed by atoms with Crippen LogP contribution in [0.3, 0.4) is 0 Å². The van der Waals surface area contributed by atoms with Crippen molar-refractivity contribution in [1.29, 1.82) is 0 Å². The van der Waals surface area contributed by atoms with Crippen molar-refractivity contribution in [2.45, 2.75) is 6.42 Å². The Bertz CT molecular complexity index is 457. The molecule has 0 radical (unpaired) electrons. The van der Waals surface area contributed by atoms with E-state index in [2.05, 4.69) is 10.2 Å². The Morgan fingerprint density at radius 2 is 2.30 bits per heavy atom. The van der Waals surface area contributed by atoms with Gasteiger partial charge < -0.3 is 20.5 Å². The van der Waals surface area contributed by atoms with E-state index in [9.17, 15) is 4.79 Å². The fraction of sp³-hybridized carbons (Fsp3) is 0.500. The molecule has 1 amide bonds. The molecule has 0 saturated carbocycles. The maximum absolute atomic E-state index is 12.1. The summed E-state index contributed by atoms with van der Waals surface area (Å²) >= 11 is 0. The van der Waals surface area contributed by atoms with E-state index in [-0.39, 0.29) is 5.91 Å². The second-order valence-electron chi connectivity index (χ2n) is 4.75. The van der Waals surface area contributed by atoms with E-state index < -0.39 is 0 Å². The summed E-state index contributed by atoms with van der Waals surface area (Å²) in [4.78, 5) is 14.2. The smallest absolute Gasteiger partial charge is 0.238 e. The van der Waals surface area contributed by atoms with Gasteiger partial charge in [-0.2, -0.15) is 0 Å². The zero-order valence-corrected chi connectivity index (χ0v) is 11.7. The summed E-state index contributed by atoms with van der Waals surface area (Å²) in [6.45, 7) is 3.47. The zero-order valence-electron chi connectivity index (χ0n) is 11.7. The van der Waals surface area contributed by atoms with Gasteiger partial charge in [-0.1, -0.05) is 0 Å². The number of nitrogens with one attached hydrogen (secondary N) is 1. The van der Waals surface area contributed by atoms with E-state index >= 15 is 0 Å². The maximum Gasteiger partial charge on any atom is 0.238 e. The van der Waals surface area contributed by atoms with Crippen LogP contribution in [0.4, 0.5) is 11.4 Å². The number of methoxy groups -OCH3 is 1. The first kappa shape index (κ1) is 14.6. The van der Waals surface area contributed by atoms with E-state index in [0.29, 0.717) is 30.3 Å². The highest BCUT2D eigenvalue weighted by molar-refractivity contribution is 5.94. The molecule has 0 aromatic heterocycles. The molecule has 0 bridgehead atoms. The summed E-state index contributed by atoms with van der Waals surface area (Å²) in [7, 11) is 1.55. The van der Waals surface area contributed by atoms with Gasteiger partial charge in [-0.15, -0.1) is 0 Å². The van der Waals surface area contributed by atoms with Crippen LogP contribution in [0.2, 0.25) is 0 Å². The molecule has 110 valence electrons. The minimum absolute atomic E-state index is 0.0602. The van der Waals surface area contributed by atoms with Gasteiger partial charge in [-0.05, 0) is 18.6 Å². The number of carbonyl (C=O) groups is 1. The third kappa shape index (κ3) is 4.11. The SMILES string of the molecule is COc1cc(N)ccc1NC(=O)CN1CCCOCC1. The van der Waals surface area contributed by atoms with Crippen molar-refractivity contribution in [2.75, 3.05) is 51.0 Å². The molecule has 1 aliphatic rings. The standard InChI is InChI=1S/C14H21N3O3/c1-19-13-9-11(15)3-4-12(13)16-14(18)10-17-5-2-7-20-8-6-17/h3-4,9H,2,5-8,10,15H2,1H3,(H,16,18). The van der Waals surface area contributed by atoms with Crippen LogP contribution in [0.25, 0.3) is 0 Å². The minimum Gasteiger partial charge on any atom is -0.494 e. The normalized spacial score (nSPS) is 16.4. The van der Waals surface area contributed by atoms with Crippen molar-refractivity contribution in [3.05, 3.63) is 18.2 Å². The van der Waals surface area contributed by atoms with E-state index in [1.807, 2.05) is 0 Å². The van der Waals surface area contributed by atoms with Gasteiger partial charge in [-0.3, -0.25) is 9.69 Å². The molecule has 0 unspecified atom stereocenters. The summed E-state index contributed by atoms with van der Waals surface area (Å²) in [5, 5.41) is 2.85. The Balaban J connectivity index is 1.93. The van der Waals surface area contributed by atoms with E-state index in [4.69, 9.17) is 15.2 Å². The van der Waals surface area contributed by atoms with E-state index in [1.54, 1.807) is 25.3 Å². The van der Waals surface area contributed by atoms with Crippen LogP contribution in [0.5, 0.6) is 5.75 Å². The molecule has 1 saturated heterocycles. The molecule has 0 aliphatic carbocycles. The van der Waals surface area contributed by atoms with Gasteiger partial charge in [0, 0.05) is 31.5 Å². The predicted molar refractivity (Wildman–Crippen MR) is 77.9 cm³/mol. The number of hydrogen-bond donors (Lipinski definition) is 2. The molecule has 1 aromatic rings. The molecule has 1 aromatic carbocycles. The van der Waals surface area contributed by atoms with Gasteiger partial charge in [0.05, 0.1) is 25.9 Å². The fourth-order valence-electron chi connectivity index (χ4n) is 2.16. The Morgan fingerprint density at radius 1 is 1.45 bits per heavy atom. The van der Waals surface area contributed by atoms with Gasteiger partial charge in [0.2, 0.25) is 5.91 Å². The first-order valence-electron chi connectivity index (χ1n) is 6.72. The van der Waals surface area contributed by atoms with Crippen LogP contribution >= 0.6 is 0 Å². The number of nitrogens with two attached hydrogens (primary N) is 1. The highest BCUT2D eigenvalue weighted by atomic mass is 16.5. The van der Waals surface area contributed by atoms with Gasteiger partial charge in [-0.25, -0.2) is 0 Å². The second kappa shape index (κ2) is 7.12. The first-order chi connectivity index (χ1) is 9.69. The van der Waals surface area contributed by atoms with E-state index in [0.717, 1.165) is 26.1 Å². The summed E-state index contributed by atoms with van der Waals surface area (Å²) in [6.07, 6.45) is 0.957. The molecule has 20 heavy (non-hydrogen) atoms. The average Bonchev–Trinajstić information content (AvgIpc) is 2.69. The van der Waals surface area contributed by atoms with Crippen LogP contribution in [0.1, 0.15) is 6.42 Å². The molecule has 6 nitrogen and oxygen atoms in total. The molecule has 2 rings (SSSR count). The Hall–Kier alpha value is -1.79. The molecule has 1 aliphatic heterocycles. The molecule has 0 atom stereocenters. The number of amides is 1. The molecular weight excluding hydrogens is 258 g/mol. The largest absolute Gasteiger partial charge is 0.494 e. The van der Waals surface area contributed by atoms with Gasteiger partial charge in [0.1, 0.15) is 5.75 Å². The number of nitrogen functional groups attached to an aromatic ring is 1. The monoisotopic (exact) mass is 279 g/mol. The molecular formula is C14H21N3O3. The number of rotatable bonds is 4. The van der Waals surface area contributed by atoms with Crippen molar-refractivity contribution < 1.29 is 14.3 Å². The highest BCUT2D eigenvalue weighted by Gasteiger charge is 2.14. The number of nitrogens with zero attached hydrogens (tertiary/aromatic N) is 1. The fourth-order valence-corrected chi connectivity index (χ4v) is 2.16. The van der Waals surface area contributed by atoms with Crippen molar-refractivity contribution in [2.24, 2.45) is 0 Å². The van der Waals surface area contributed by atoms with Crippen LogP contribution in [-0.4, -0.2) is 50.8 Å².